The van der Waals surface area contributed by atoms with Gasteiger partial charge in [0.2, 0.25) is 0 Å². The first-order valence-corrected chi connectivity index (χ1v) is 9.19. The maximum absolute atomic E-state index is 13.2. The number of Topliss-reactive ketones (excluding diaryl/α,β-unsaturated/α-hetero) is 1. The van der Waals surface area contributed by atoms with Crippen LogP contribution >= 0.6 is 0 Å². The van der Waals surface area contributed by atoms with E-state index >= 15 is 0 Å². The maximum Gasteiger partial charge on any atom is 0.142 e. The number of hydrogen-bond acceptors (Lipinski definition) is 4. The van der Waals surface area contributed by atoms with Crippen molar-refractivity contribution < 1.29 is 19.7 Å². The standard InChI is InChI=1S/C20H32O4/c1-6-18(3)10-13(22)16-19(4)9-7-8-17(2,12-21)15(19)14(23)11-20(16,5)24-18/h6,14-16,21,23H,1,7-12H2,2-5H3/t14-,15+,16-,17+,18+,19+,20-/m1/s1. The molecule has 3 fully saturated rings. The lowest BCUT2D eigenvalue weighted by atomic mass is 9.43. The highest BCUT2D eigenvalue weighted by Crippen LogP contribution is 2.64. The van der Waals surface area contributed by atoms with E-state index in [1.165, 1.54) is 0 Å². The number of ether oxygens (including phenoxy) is 1. The molecule has 7 atom stereocenters. The fraction of sp³-hybridized carbons (Fsp3) is 0.850. The van der Waals surface area contributed by atoms with Crippen LogP contribution in [0.2, 0.25) is 0 Å². The first kappa shape index (κ1) is 18.1. The predicted molar refractivity (Wildman–Crippen MR) is 92.5 cm³/mol. The van der Waals surface area contributed by atoms with Crippen LogP contribution in [0.15, 0.2) is 12.7 Å². The van der Waals surface area contributed by atoms with Crippen LogP contribution in [0, 0.1) is 22.7 Å². The largest absolute Gasteiger partial charge is 0.396 e. The van der Waals surface area contributed by atoms with E-state index in [2.05, 4.69) is 20.4 Å². The molecule has 1 heterocycles. The first-order valence-electron chi connectivity index (χ1n) is 9.19. The number of rotatable bonds is 2. The summed E-state index contributed by atoms with van der Waals surface area (Å²) >= 11 is 0. The summed E-state index contributed by atoms with van der Waals surface area (Å²) in [7, 11) is 0. The fourth-order valence-electron chi connectivity index (χ4n) is 6.67. The van der Waals surface area contributed by atoms with Crippen LogP contribution in [0.1, 0.15) is 59.8 Å². The predicted octanol–water partition coefficient (Wildman–Crippen LogP) is 2.87. The van der Waals surface area contributed by atoms with Gasteiger partial charge in [0.05, 0.1) is 23.2 Å². The Kier molecular flexibility index (Phi) is 4.06. The fourth-order valence-corrected chi connectivity index (χ4v) is 6.67. The van der Waals surface area contributed by atoms with Gasteiger partial charge in [-0.2, -0.15) is 0 Å². The smallest absolute Gasteiger partial charge is 0.142 e. The van der Waals surface area contributed by atoms with Gasteiger partial charge in [0.1, 0.15) is 5.78 Å². The molecule has 4 nitrogen and oxygen atoms in total. The maximum atomic E-state index is 13.2. The number of hydrogen-bond donors (Lipinski definition) is 2. The molecule has 0 aromatic rings. The molecular formula is C20H32O4. The molecule has 0 amide bonds. The van der Waals surface area contributed by atoms with Crippen LogP contribution in [0.4, 0.5) is 0 Å². The van der Waals surface area contributed by atoms with Gasteiger partial charge < -0.3 is 14.9 Å². The summed E-state index contributed by atoms with van der Waals surface area (Å²) in [6, 6.07) is 0. The zero-order chi connectivity index (χ0) is 18.0. The van der Waals surface area contributed by atoms with E-state index in [1.54, 1.807) is 6.08 Å². The number of ketones is 1. The third kappa shape index (κ3) is 2.33. The monoisotopic (exact) mass is 336 g/mol. The summed E-state index contributed by atoms with van der Waals surface area (Å²) in [4.78, 5) is 13.2. The zero-order valence-corrected chi connectivity index (χ0v) is 15.5. The van der Waals surface area contributed by atoms with Gasteiger partial charge in [-0.25, -0.2) is 0 Å². The van der Waals surface area contributed by atoms with Crippen LogP contribution in [-0.4, -0.2) is 39.9 Å². The Bertz CT molecular complexity index is 560. The van der Waals surface area contributed by atoms with Crippen molar-refractivity contribution >= 4 is 5.78 Å². The molecule has 24 heavy (non-hydrogen) atoms. The number of aliphatic hydroxyl groups excluding tert-OH is 2. The van der Waals surface area contributed by atoms with Gasteiger partial charge in [0, 0.05) is 19.4 Å². The van der Waals surface area contributed by atoms with E-state index in [1.807, 2.05) is 13.8 Å². The van der Waals surface area contributed by atoms with Crippen molar-refractivity contribution in [3.8, 4) is 0 Å². The number of aliphatic hydroxyl groups is 2. The molecule has 0 bridgehead atoms. The molecule has 3 aliphatic rings. The van der Waals surface area contributed by atoms with Crippen molar-refractivity contribution in [2.75, 3.05) is 6.61 Å². The molecule has 2 N–H and O–H groups in total. The summed E-state index contributed by atoms with van der Waals surface area (Å²) in [5, 5.41) is 21.1. The minimum absolute atomic E-state index is 0.0488. The van der Waals surface area contributed by atoms with E-state index in [9.17, 15) is 15.0 Å². The lowest BCUT2D eigenvalue weighted by molar-refractivity contribution is -0.267. The second kappa shape index (κ2) is 5.39. The van der Waals surface area contributed by atoms with E-state index in [-0.39, 0.29) is 35.1 Å². The molecule has 1 saturated heterocycles. The van der Waals surface area contributed by atoms with Crippen molar-refractivity contribution in [2.45, 2.75) is 77.1 Å². The second-order valence-electron chi connectivity index (χ2n) is 9.43. The molecule has 0 aromatic heterocycles. The summed E-state index contributed by atoms with van der Waals surface area (Å²) in [5.74, 6) is -0.104. The van der Waals surface area contributed by atoms with Crippen molar-refractivity contribution in [3.63, 3.8) is 0 Å². The molecule has 2 aliphatic carbocycles. The average Bonchev–Trinajstić information content (AvgIpc) is 2.44. The van der Waals surface area contributed by atoms with Gasteiger partial charge >= 0.3 is 0 Å². The number of carbonyl (C=O) groups excluding carboxylic acids is 1. The minimum atomic E-state index is -0.684. The van der Waals surface area contributed by atoms with Gasteiger partial charge in [-0.1, -0.05) is 26.3 Å². The van der Waals surface area contributed by atoms with Crippen LogP contribution in [0.25, 0.3) is 0 Å². The summed E-state index contributed by atoms with van der Waals surface area (Å²) in [6.45, 7) is 12.0. The SMILES string of the molecule is C=C[C@@]1(C)CC(=O)[C@@H]2[C@@]3(C)CCC[C@@](C)(CO)[C@@H]3[C@H](O)C[C@@]2(C)O1. The second-order valence-corrected chi connectivity index (χ2v) is 9.43. The van der Waals surface area contributed by atoms with E-state index in [0.717, 1.165) is 19.3 Å². The van der Waals surface area contributed by atoms with Gasteiger partial charge in [-0.15, -0.1) is 6.58 Å². The molecule has 2 saturated carbocycles. The van der Waals surface area contributed by atoms with Crippen molar-refractivity contribution in [1.29, 1.82) is 0 Å². The molecule has 0 aromatic carbocycles. The van der Waals surface area contributed by atoms with Crippen molar-refractivity contribution in [2.24, 2.45) is 22.7 Å². The lowest BCUT2D eigenvalue weighted by Crippen LogP contribution is -2.69. The van der Waals surface area contributed by atoms with Crippen molar-refractivity contribution in [1.82, 2.24) is 0 Å². The van der Waals surface area contributed by atoms with Crippen LogP contribution in [0.3, 0.4) is 0 Å². The van der Waals surface area contributed by atoms with E-state index < -0.39 is 17.3 Å². The third-order valence-electron chi connectivity index (χ3n) is 7.30. The zero-order valence-electron chi connectivity index (χ0n) is 15.5. The molecule has 136 valence electrons. The van der Waals surface area contributed by atoms with Gasteiger partial charge in [-0.3, -0.25) is 4.79 Å². The van der Waals surface area contributed by atoms with Crippen LogP contribution in [0.5, 0.6) is 0 Å². The molecule has 4 heteroatoms. The molecule has 3 rings (SSSR count). The molecular weight excluding hydrogens is 304 g/mol. The molecule has 0 unspecified atom stereocenters. The van der Waals surface area contributed by atoms with E-state index in [0.29, 0.717) is 12.8 Å². The Hall–Kier alpha value is -0.710. The number of carbonyl (C=O) groups is 1. The molecule has 0 spiro atoms. The lowest BCUT2D eigenvalue weighted by Gasteiger charge is -2.65. The van der Waals surface area contributed by atoms with Crippen molar-refractivity contribution in [3.05, 3.63) is 12.7 Å². The van der Waals surface area contributed by atoms with Gasteiger partial charge in [0.25, 0.3) is 0 Å². The quantitative estimate of drug-likeness (QED) is 0.761. The highest BCUT2D eigenvalue weighted by Gasteiger charge is 2.67. The Labute approximate surface area is 145 Å². The normalized spacial score (nSPS) is 54.8. The Balaban J connectivity index is 2.09. The Morgan fingerprint density at radius 2 is 1.96 bits per heavy atom. The summed E-state index contributed by atoms with van der Waals surface area (Å²) in [5.41, 5.74) is -2.04. The molecule has 0 radical (unpaired) electrons. The highest BCUT2D eigenvalue weighted by atomic mass is 16.5. The molecule has 1 aliphatic heterocycles. The minimum Gasteiger partial charge on any atom is -0.396 e. The van der Waals surface area contributed by atoms with Gasteiger partial charge in [-0.05, 0) is 43.4 Å². The Morgan fingerprint density at radius 1 is 1.29 bits per heavy atom. The topological polar surface area (TPSA) is 66.8 Å². The average molecular weight is 336 g/mol. The van der Waals surface area contributed by atoms with E-state index in [4.69, 9.17) is 4.74 Å². The van der Waals surface area contributed by atoms with Crippen LogP contribution < -0.4 is 0 Å². The highest BCUT2D eigenvalue weighted by molar-refractivity contribution is 5.85. The first-order chi connectivity index (χ1) is 11.0. The Morgan fingerprint density at radius 3 is 2.54 bits per heavy atom. The number of fused-ring (bicyclic) bond motifs is 3. The third-order valence-corrected chi connectivity index (χ3v) is 7.30. The summed E-state index contributed by atoms with van der Waals surface area (Å²) in [6.07, 6.45) is 4.66. The van der Waals surface area contributed by atoms with Crippen LogP contribution in [-0.2, 0) is 9.53 Å². The summed E-state index contributed by atoms with van der Waals surface area (Å²) < 4.78 is 6.41. The van der Waals surface area contributed by atoms with Gasteiger partial charge in [0.15, 0.2) is 0 Å².